The molecule has 2 aliphatic rings. The van der Waals surface area contributed by atoms with E-state index in [4.69, 9.17) is 5.73 Å². The van der Waals surface area contributed by atoms with Crippen LogP contribution in [0.15, 0.2) is 0 Å². The summed E-state index contributed by atoms with van der Waals surface area (Å²) in [6, 6.07) is -0.644. The molecule has 4 N–H and O–H groups in total. The summed E-state index contributed by atoms with van der Waals surface area (Å²) in [6.45, 7) is 0.408. The minimum absolute atomic E-state index is 0.0122. The van der Waals surface area contributed by atoms with E-state index in [0.29, 0.717) is 32.4 Å². The number of carbonyl (C=O) groups excluding carboxylic acids is 5. The largest absolute Gasteiger partial charge is 0.368 e. The Labute approximate surface area is 145 Å². The van der Waals surface area contributed by atoms with Crippen LogP contribution < -0.4 is 16.4 Å². The number of amides is 5. The van der Waals surface area contributed by atoms with Gasteiger partial charge in [-0.3, -0.25) is 24.0 Å². The molecule has 0 aromatic heterocycles. The third-order valence-electron chi connectivity index (χ3n) is 4.26. The summed E-state index contributed by atoms with van der Waals surface area (Å²) >= 11 is 0. The summed E-state index contributed by atoms with van der Waals surface area (Å²) in [5.74, 6) is -1.94. The van der Waals surface area contributed by atoms with Gasteiger partial charge in [-0.25, -0.2) is 0 Å². The molecule has 0 aliphatic carbocycles. The summed E-state index contributed by atoms with van der Waals surface area (Å²) in [5.41, 5.74) is 4.91. The highest BCUT2D eigenvalue weighted by molar-refractivity contribution is 5.93. The Morgan fingerprint density at radius 2 is 1.84 bits per heavy atom. The monoisotopic (exact) mass is 353 g/mol. The lowest BCUT2D eigenvalue weighted by Crippen LogP contribution is -2.50. The summed E-state index contributed by atoms with van der Waals surface area (Å²) < 4.78 is 0. The van der Waals surface area contributed by atoms with Crippen molar-refractivity contribution in [1.29, 1.82) is 0 Å². The van der Waals surface area contributed by atoms with Crippen molar-refractivity contribution in [3.8, 4) is 0 Å². The fourth-order valence-corrected chi connectivity index (χ4v) is 3.00. The van der Waals surface area contributed by atoms with Crippen LogP contribution in [0.25, 0.3) is 0 Å². The summed E-state index contributed by atoms with van der Waals surface area (Å²) in [7, 11) is 0. The van der Waals surface area contributed by atoms with Gasteiger partial charge in [0, 0.05) is 19.5 Å². The Hall–Kier alpha value is -2.65. The molecule has 0 saturated carbocycles. The standard InChI is InChI=1S/C15H23N5O5/c16-11(21)7-17-12(22)8-18-15(25)10-3-1-6-20(10)14(24)9-19-5-2-4-13(19)23/h10H,1-9H2,(H2,16,21)(H,17,22)(H,18,25)/t10-/m0/s1. The molecule has 1 atom stereocenters. The fourth-order valence-electron chi connectivity index (χ4n) is 3.00. The zero-order valence-corrected chi connectivity index (χ0v) is 14.0. The SMILES string of the molecule is NC(=O)CNC(=O)CNC(=O)[C@@H]1CCCN1C(=O)CN1CCCC1=O. The van der Waals surface area contributed by atoms with Crippen LogP contribution in [0.5, 0.6) is 0 Å². The minimum Gasteiger partial charge on any atom is -0.368 e. The van der Waals surface area contributed by atoms with Crippen molar-refractivity contribution in [2.75, 3.05) is 32.7 Å². The van der Waals surface area contributed by atoms with Gasteiger partial charge in [0.05, 0.1) is 19.6 Å². The van der Waals surface area contributed by atoms with E-state index in [0.717, 1.165) is 6.42 Å². The maximum atomic E-state index is 12.4. The van der Waals surface area contributed by atoms with Crippen molar-refractivity contribution in [2.45, 2.75) is 31.7 Å². The number of likely N-dealkylation sites (tertiary alicyclic amines) is 2. The first kappa shape index (κ1) is 18.7. The Bertz CT molecular complexity index is 579. The summed E-state index contributed by atoms with van der Waals surface area (Å²) in [5, 5.41) is 4.72. The van der Waals surface area contributed by atoms with Crippen LogP contribution in [0.2, 0.25) is 0 Å². The van der Waals surface area contributed by atoms with Gasteiger partial charge < -0.3 is 26.2 Å². The highest BCUT2D eigenvalue weighted by atomic mass is 16.2. The van der Waals surface area contributed by atoms with E-state index in [1.165, 1.54) is 9.80 Å². The van der Waals surface area contributed by atoms with E-state index in [2.05, 4.69) is 10.6 Å². The lowest BCUT2D eigenvalue weighted by molar-refractivity contribution is -0.142. The molecule has 10 heteroatoms. The van der Waals surface area contributed by atoms with Gasteiger partial charge in [0.1, 0.15) is 6.04 Å². The number of carbonyl (C=O) groups is 5. The number of hydrogen-bond donors (Lipinski definition) is 3. The molecule has 2 heterocycles. The molecular weight excluding hydrogens is 330 g/mol. The molecule has 0 unspecified atom stereocenters. The van der Waals surface area contributed by atoms with Gasteiger partial charge in [-0.1, -0.05) is 0 Å². The van der Waals surface area contributed by atoms with E-state index in [1.807, 2.05) is 0 Å². The van der Waals surface area contributed by atoms with Crippen LogP contribution in [-0.4, -0.2) is 78.1 Å². The molecule has 2 aliphatic heterocycles. The smallest absolute Gasteiger partial charge is 0.243 e. The number of nitrogens with zero attached hydrogens (tertiary/aromatic N) is 2. The lowest BCUT2D eigenvalue weighted by atomic mass is 10.2. The van der Waals surface area contributed by atoms with Gasteiger partial charge in [0.15, 0.2) is 0 Å². The van der Waals surface area contributed by atoms with E-state index in [1.54, 1.807) is 0 Å². The third kappa shape index (κ3) is 5.16. The molecule has 2 saturated heterocycles. The van der Waals surface area contributed by atoms with Crippen molar-refractivity contribution in [2.24, 2.45) is 5.73 Å². The molecule has 25 heavy (non-hydrogen) atoms. The first-order valence-corrected chi connectivity index (χ1v) is 8.28. The first-order valence-electron chi connectivity index (χ1n) is 8.28. The third-order valence-corrected chi connectivity index (χ3v) is 4.26. The summed E-state index contributed by atoms with van der Waals surface area (Å²) in [4.78, 5) is 61.3. The maximum absolute atomic E-state index is 12.4. The van der Waals surface area contributed by atoms with E-state index < -0.39 is 23.8 Å². The molecule has 138 valence electrons. The second-order valence-electron chi connectivity index (χ2n) is 6.12. The normalized spacial score (nSPS) is 19.8. The van der Waals surface area contributed by atoms with Crippen LogP contribution in [0.4, 0.5) is 0 Å². The first-order chi connectivity index (χ1) is 11.9. The van der Waals surface area contributed by atoms with Crippen LogP contribution in [0.3, 0.4) is 0 Å². The number of nitrogens with one attached hydrogen (secondary N) is 2. The van der Waals surface area contributed by atoms with Crippen molar-refractivity contribution < 1.29 is 24.0 Å². The number of nitrogens with two attached hydrogens (primary N) is 1. The molecule has 2 rings (SSSR count). The molecular formula is C15H23N5O5. The quantitative estimate of drug-likeness (QED) is 0.457. The van der Waals surface area contributed by atoms with Gasteiger partial charge in [-0.15, -0.1) is 0 Å². The number of hydrogen-bond acceptors (Lipinski definition) is 5. The zero-order chi connectivity index (χ0) is 18.4. The average Bonchev–Trinajstić information content (AvgIpc) is 3.20. The summed E-state index contributed by atoms with van der Waals surface area (Å²) in [6.07, 6.45) is 2.40. The second-order valence-corrected chi connectivity index (χ2v) is 6.12. The van der Waals surface area contributed by atoms with Gasteiger partial charge in [0.25, 0.3) is 0 Å². The van der Waals surface area contributed by atoms with Crippen LogP contribution in [0.1, 0.15) is 25.7 Å². The topological polar surface area (TPSA) is 142 Å². The predicted molar refractivity (Wildman–Crippen MR) is 85.8 cm³/mol. The Kier molecular flexibility index (Phi) is 6.31. The molecule has 0 aromatic carbocycles. The molecule has 0 radical (unpaired) electrons. The van der Waals surface area contributed by atoms with Gasteiger partial charge in [-0.05, 0) is 19.3 Å². The van der Waals surface area contributed by atoms with Crippen LogP contribution in [-0.2, 0) is 24.0 Å². The number of primary amides is 1. The number of rotatable bonds is 7. The van der Waals surface area contributed by atoms with Crippen LogP contribution >= 0.6 is 0 Å². The van der Waals surface area contributed by atoms with Gasteiger partial charge in [-0.2, -0.15) is 0 Å². The second kappa shape index (κ2) is 8.45. The van der Waals surface area contributed by atoms with Crippen molar-refractivity contribution in [3.05, 3.63) is 0 Å². The highest BCUT2D eigenvalue weighted by Crippen LogP contribution is 2.19. The Morgan fingerprint density at radius 1 is 1.08 bits per heavy atom. The molecule has 2 fully saturated rings. The van der Waals surface area contributed by atoms with Crippen molar-refractivity contribution >= 4 is 29.5 Å². The lowest BCUT2D eigenvalue weighted by Gasteiger charge is -2.26. The molecule has 0 aromatic rings. The molecule has 10 nitrogen and oxygen atoms in total. The Morgan fingerprint density at radius 3 is 2.48 bits per heavy atom. The van der Waals surface area contributed by atoms with Crippen molar-refractivity contribution in [3.63, 3.8) is 0 Å². The van der Waals surface area contributed by atoms with E-state index >= 15 is 0 Å². The molecule has 0 spiro atoms. The minimum atomic E-state index is -0.677. The molecule has 0 bridgehead atoms. The van der Waals surface area contributed by atoms with E-state index in [9.17, 15) is 24.0 Å². The fraction of sp³-hybridized carbons (Fsp3) is 0.667. The predicted octanol–water partition coefficient (Wildman–Crippen LogP) is -2.68. The average molecular weight is 353 g/mol. The molecule has 5 amide bonds. The Balaban J connectivity index is 1.82. The zero-order valence-electron chi connectivity index (χ0n) is 14.0. The maximum Gasteiger partial charge on any atom is 0.243 e. The van der Waals surface area contributed by atoms with Gasteiger partial charge in [0.2, 0.25) is 29.5 Å². The van der Waals surface area contributed by atoms with E-state index in [-0.39, 0.29) is 31.4 Å². The van der Waals surface area contributed by atoms with Crippen LogP contribution in [0, 0.1) is 0 Å². The van der Waals surface area contributed by atoms with Crippen molar-refractivity contribution in [1.82, 2.24) is 20.4 Å². The van der Waals surface area contributed by atoms with Gasteiger partial charge >= 0.3 is 0 Å². The highest BCUT2D eigenvalue weighted by Gasteiger charge is 2.35.